The largest absolute Gasteiger partial charge is 0.341 e. The zero-order chi connectivity index (χ0) is 12.0. The third-order valence-electron chi connectivity index (χ3n) is 3.93. The van der Waals surface area contributed by atoms with Crippen LogP contribution < -0.4 is 0 Å². The van der Waals surface area contributed by atoms with E-state index in [1.165, 1.54) is 0 Å². The Hall–Kier alpha value is -0.940. The molecule has 92 valence electrons. The van der Waals surface area contributed by atoms with Gasteiger partial charge in [0.2, 0.25) is 5.91 Å². The van der Waals surface area contributed by atoms with Gasteiger partial charge < -0.3 is 4.90 Å². The highest BCUT2D eigenvalue weighted by molar-refractivity contribution is 7.09. The lowest BCUT2D eigenvalue weighted by Crippen LogP contribution is -2.34. The Morgan fingerprint density at radius 3 is 3.06 bits per heavy atom. The minimum Gasteiger partial charge on any atom is -0.341 e. The van der Waals surface area contributed by atoms with Crippen molar-refractivity contribution in [1.82, 2.24) is 14.8 Å². The minimum atomic E-state index is 0.291. The minimum absolute atomic E-state index is 0.291. The molecule has 5 heteroatoms. The predicted octanol–water partition coefficient (Wildman–Crippen LogP) is 1.26. The number of fused-ring (bicyclic) bond motifs is 1. The van der Waals surface area contributed by atoms with E-state index in [1.54, 1.807) is 11.3 Å². The number of aryl methyl sites for hydroxylation is 1. The number of rotatable bonds is 2. The van der Waals surface area contributed by atoms with Crippen molar-refractivity contribution in [2.24, 2.45) is 0 Å². The first kappa shape index (κ1) is 11.2. The molecule has 0 spiro atoms. The smallest absolute Gasteiger partial charge is 0.224 e. The molecule has 0 saturated carbocycles. The van der Waals surface area contributed by atoms with Crippen molar-refractivity contribution in [2.75, 3.05) is 13.6 Å². The molecule has 3 rings (SSSR count). The highest BCUT2D eigenvalue weighted by Crippen LogP contribution is 2.32. The zero-order valence-electron chi connectivity index (χ0n) is 10.2. The molecule has 2 saturated heterocycles. The van der Waals surface area contributed by atoms with Crippen LogP contribution in [0.4, 0.5) is 0 Å². The molecule has 0 radical (unpaired) electrons. The van der Waals surface area contributed by atoms with Crippen molar-refractivity contribution in [3.05, 3.63) is 16.1 Å². The molecule has 2 atom stereocenters. The second-order valence-corrected chi connectivity index (χ2v) is 6.02. The normalized spacial score (nSPS) is 29.1. The quantitative estimate of drug-likeness (QED) is 0.794. The molecule has 1 aromatic rings. The van der Waals surface area contributed by atoms with Gasteiger partial charge in [-0.1, -0.05) is 0 Å². The van der Waals surface area contributed by atoms with Gasteiger partial charge in [-0.15, -0.1) is 11.3 Å². The van der Waals surface area contributed by atoms with Crippen molar-refractivity contribution in [1.29, 1.82) is 0 Å². The van der Waals surface area contributed by atoms with Crippen LogP contribution in [0.15, 0.2) is 5.38 Å². The molecule has 4 nitrogen and oxygen atoms in total. The van der Waals surface area contributed by atoms with Gasteiger partial charge in [-0.25, -0.2) is 4.98 Å². The van der Waals surface area contributed by atoms with Gasteiger partial charge in [0.25, 0.3) is 0 Å². The number of likely N-dealkylation sites (N-methyl/N-ethyl adjacent to an activating group) is 1. The second kappa shape index (κ2) is 4.07. The molecular formula is C12H17N3OS. The van der Waals surface area contributed by atoms with E-state index in [1.807, 2.05) is 18.9 Å². The van der Waals surface area contributed by atoms with Crippen LogP contribution in [0, 0.1) is 6.92 Å². The molecule has 2 aliphatic heterocycles. The molecular weight excluding hydrogens is 234 g/mol. The maximum absolute atomic E-state index is 11.7. The van der Waals surface area contributed by atoms with Crippen LogP contribution >= 0.6 is 11.3 Å². The van der Waals surface area contributed by atoms with Gasteiger partial charge in [-0.2, -0.15) is 0 Å². The molecule has 0 aliphatic carbocycles. The summed E-state index contributed by atoms with van der Waals surface area (Å²) < 4.78 is 0. The van der Waals surface area contributed by atoms with Crippen LogP contribution in [0.25, 0.3) is 0 Å². The summed E-state index contributed by atoms with van der Waals surface area (Å²) >= 11 is 1.70. The molecule has 2 aliphatic rings. The highest BCUT2D eigenvalue weighted by Gasteiger charge is 2.44. The number of likely N-dealkylation sites (tertiary alicyclic amines) is 2. The fourth-order valence-electron chi connectivity index (χ4n) is 3.01. The van der Waals surface area contributed by atoms with E-state index < -0.39 is 0 Å². The summed E-state index contributed by atoms with van der Waals surface area (Å²) in [4.78, 5) is 20.5. The summed E-state index contributed by atoms with van der Waals surface area (Å²) in [6, 6.07) is 0.844. The van der Waals surface area contributed by atoms with Crippen LogP contribution in [-0.2, 0) is 11.3 Å². The highest BCUT2D eigenvalue weighted by atomic mass is 32.1. The van der Waals surface area contributed by atoms with E-state index in [0.717, 1.165) is 30.2 Å². The van der Waals surface area contributed by atoms with Crippen molar-refractivity contribution < 1.29 is 4.79 Å². The van der Waals surface area contributed by atoms with Crippen LogP contribution in [0.2, 0.25) is 0 Å². The third-order valence-corrected chi connectivity index (χ3v) is 4.75. The lowest BCUT2D eigenvalue weighted by Gasteiger charge is -2.22. The number of amides is 1. The molecule has 0 aromatic carbocycles. The van der Waals surface area contributed by atoms with Crippen LogP contribution in [-0.4, -0.2) is 46.4 Å². The standard InChI is InChI=1S/C12H17N3OS/c1-8-13-9(7-17-8)6-15-4-3-10-11(15)5-12(16)14(10)2/h7,10-11H,3-6H2,1-2H3. The summed E-state index contributed by atoms with van der Waals surface area (Å²) in [6.07, 6.45) is 1.79. The average Bonchev–Trinajstić information content (AvgIpc) is 2.92. The van der Waals surface area contributed by atoms with Gasteiger partial charge in [-0.3, -0.25) is 9.69 Å². The van der Waals surface area contributed by atoms with E-state index in [9.17, 15) is 4.79 Å². The summed E-state index contributed by atoms with van der Waals surface area (Å²) in [5.41, 5.74) is 1.15. The Bertz CT molecular complexity index is 445. The SMILES string of the molecule is Cc1nc(CN2CCC3C2CC(=O)N3C)cs1. The number of carbonyl (C=O) groups excluding carboxylic acids is 1. The zero-order valence-corrected chi connectivity index (χ0v) is 11.0. The summed E-state index contributed by atoms with van der Waals surface area (Å²) in [6.45, 7) is 4.02. The van der Waals surface area contributed by atoms with Crippen molar-refractivity contribution in [3.63, 3.8) is 0 Å². The van der Waals surface area contributed by atoms with E-state index in [4.69, 9.17) is 0 Å². The summed E-state index contributed by atoms with van der Waals surface area (Å²) in [5.74, 6) is 0.291. The molecule has 1 aromatic heterocycles. The number of nitrogens with zero attached hydrogens (tertiary/aromatic N) is 3. The van der Waals surface area contributed by atoms with Gasteiger partial charge >= 0.3 is 0 Å². The number of thiazole rings is 1. The number of hydrogen-bond acceptors (Lipinski definition) is 4. The molecule has 3 heterocycles. The number of carbonyl (C=O) groups is 1. The molecule has 0 N–H and O–H groups in total. The first-order chi connectivity index (χ1) is 8.15. The molecule has 0 bridgehead atoms. The second-order valence-electron chi connectivity index (χ2n) is 4.96. The first-order valence-electron chi connectivity index (χ1n) is 6.06. The monoisotopic (exact) mass is 251 g/mol. The number of hydrogen-bond donors (Lipinski definition) is 0. The van der Waals surface area contributed by atoms with Crippen molar-refractivity contribution in [3.8, 4) is 0 Å². The van der Waals surface area contributed by atoms with Crippen LogP contribution in [0.3, 0.4) is 0 Å². The fourth-order valence-corrected chi connectivity index (χ4v) is 3.61. The van der Waals surface area contributed by atoms with E-state index in [0.29, 0.717) is 24.4 Å². The molecule has 17 heavy (non-hydrogen) atoms. The molecule has 1 amide bonds. The Morgan fingerprint density at radius 1 is 1.53 bits per heavy atom. The van der Waals surface area contributed by atoms with Gasteiger partial charge in [0.15, 0.2) is 0 Å². The Morgan fingerprint density at radius 2 is 2.35 bits per heavy atom. The van der Waals surface area contributed by atoms with Gasteiger partial charge in [-0.05, 0) is 13.3 Å². The van der Waals surface area contributed by atoms with Gasteiger partial charge in [0.05, 0.1) is 10.7 Å². The maximum atomic E-state index is 11.7. The summed E-state index contributed by atoms with van der Waals surface area (Å²) in [5, 5.41) is 3.25. The van der Waals surface area contributed by atoms with E-state index >= 15 is 0 Å². The van der Waals surface area contributed by atoms with Crippen molar-refractivity contribution in [2.45, 2.75) is 38.4 Å². The average molecular weight is 251 g/mol. The van der Waals surface area contributed by atoms with Crippen LogP contribution in [0.5, 0.6) is 0 Å². The molecule has 2 fully saturated rings. The third kappa shape index (κ3) is 1.87. The summed E-state index contributed by atoms with van der Waals surface area (Å²) in [7, 11) is 1.93. The van der Waals surface area contributed by atoms with E-state index in [2.05, 4.69) is 15.3 Å². The fraction of sp³-hybridized carbons (Fsp3) is 0.667. The lowest BCUT2D eigenvalue weighted by atomic mass is 10.1. The topological polar surface area (TPSA) is 36.4 Å². The van der Waals surface area contributed by atoms with E-state index in [-0.39, 0.29) is 0 Å². The molecule has 2 unspecified atom stereocenters. The number of aromatic nitrogens is 1. The van der Waals surface area contributed by atoms with Crippen molar-refractivity contribution >= 4 is 17.2 Å². The Kier molecular flexibility index (Phi) is 2.67. The Labute approximate surface area is 105 Å². The maximum Gasteiger partial charge on any atom is 0.224 e. The Balaban J connectivity index is 1.72. The van der Waals surface area contributed by atoms with Crippen LogP contribution in [0.1, 0.15) is 23.5 Å². The van der Waals surface area contributed by atoms with Gasteiger partial charge in [0.1, 0.15) is 0 Å². The van der Waals surface area contributed by atoms with Gasteiger partial charge in [0, 0.05) is 44.0 Å². The first-order valence-corrected chi connectivity index (χ1v) is 6.94. The predicted molar refractivity (Wildman–Crippen MR) is 66.8 cm³/mol. The lowest BCUT2D eigenvalue weighted by molar-refractivity contribution is -0.127.